The van der Waals surface area contributed by atoms with Gasteiger partial charge in [-0.15, -0.1) is 0 Å². The van der Waals surface area contributed by atoms with Crippen molar-refractivity contribution in [1.29, 1.82) is 0 Å². The largest absolute Gasteiger partial charge is 0.506 e. The number of thiocarbonyl (C=S) groups is 1. The number of aromatic hydroxyl groups is 1. The first kappa shape index (κ1) is 14.7. The fraction of sp³-hybridized carbons (Fsp3) is 0.111. The van der Waals surface area contributed by atoms with Gasteiger partial charge in [-0.05, 0) is 48.6 Å². The molecule has 0 spiro atoms. The van der Waals surface area contributed by atoms with E-state index in [1.165, 1.54) is 0 Å². The molecule has 6 heteroatoms. The summed E-state index contributed by atoms with van der Waals surface area (Å²) in [5.74, 6) is 0.194. The Hall–Kier alpha value is -2.86. The molecule has 1 aliphatic heterocycles. The van der Waals surface area contributed by atoms with Gasteiger partial charge in [-0.2, -0.15) is 0 Å². The normalized spacial score (nSPS) is 20.2. The van der Waals surface area contributed by atoms with Crippen molar-refractivity contribution >= 4 is 23.0 Å². The molecule has 2 aromatic heterocycles. The van der Waals surface area contributed by atoms with Gasteiger partial charge in [-0.1, -0.05) is 18.2 Å². The third kappa shape index (κ3) is 2.41. The van der Waals surface area contributed by atoms with E-state index in [2.05, 4.69) is 15.3 Å². The summed E-state index contributed by atoms with van der Waals surface area (Å²) in [6, 6.07) is 16.8. The number of hydrogen-bond acceptors (Lipinski definition) is 3. The third-order valence-electron chi connectivity index (χ3n) is 4.18. The van der Waals surface area contributed by atoms with E-state index < -0.39 is 0 Å². The number of rotatable bonds is 3. The number of phenolic OH excluding ortho intramolecular Hbond substituents is 1. The Bertz CT molecular complexity index is 850. The number of pyridine rings is 1. The summed E-state index contributed by atoms with van der Waals surface area (Å²) in [5, 5.41) is 14.2. The van der Waals surface area contributed by atoms with Gasteiger partial charge in [0, 0.05) is 18.1 Å². The lowest BCUT2D eigenvalue weighted by Crippen LogP contribution is -2.29. The molecule has 2 atom stereocenters. The molecule has 0 bridgehead atoms. The Morgan fingerprint density at radius 2 is 1.88 bits per heavy atom. The molecule has 1 aliphatic rings. The third-order valence-corrected chi connectivity index (χ3v) is 4.49. The van der Waals surface area contributed by atoms with Gasteiger partial charge in [-0.25, -0.2) is 0 Å². The van der Waals surface area contributed by atoms with Crippen molar-refractivity contribution in [1.82, 2.24) is 15.3 Å². The fourth-order valence-corrected chi connectivity index (χ4v) is 3.47. The number of H-pyrrole nitrogens is 1. The summed E-state index contributed by atoms with van der Waals surface area (Å²) in [5.41, 5.74) is 2.58. The molecule has 3 heterocycles. The standard InChI is InChI=1S/C18H16N4OS/c23-15-9-2-1-8-14(15)22-17(13-7-5-11-20-13)16(21-18(22)24)12-6-3-4-10-19-12/h1-11,16-17,20,23H,(H,21,24)/t16-,17+/m0/s1. The summed E-state index contributed by atoms with van der Waals surface area (Å²) in [6.45, 7) is 0. The van der Waals surface area contributed by atoms with Crippen LogP contribution in [0.15, 0.2) is 67.0 Å². The highest BCUT2D eigenvalue weighted by atomic mass is 32.1. The molecule has 0 aliphatic carbocycles. The second kappa shape index (κ2) is 5.98. The van der Waals surface area contributed by atoms with Crippen LogP contribution in [0.4, 0.5) is 5.69 Å². The van der Waals surface area contributed by atoms with Crippen LogP contribution in [0.5, 0.6) is 5.75 Å². The van der Waals surface area contributed by atoms with Crippen molar-refractivity contribution in [2.75, 3.05) is 4.90 Å². The maximum absolute atomic E-state index is 10.3. The lowest BCUT2D eigenvalue weighted by molar-refractivity contribution is 0.472. The van der Waals surface area contributed by atoms with E-state index in [1.807, 2.05) is 53.6 Å². The van der Waals surface area contributed by atoms with Crippen LogP contribution in [0, 0.1) is 0 Å². The number of para-hydroxylation sites is 2. The second-order valence-corrected chi connectivity index (χ2v) is 6.00. The summed E-state index contributed by atoms with van der Waals surface area (Å²) in [7, 11) is 0. The van der Waals surface area contributed by atoms with Gasteiger partial charge >= 0.3 is 0 Å². The van der Waals surface area contributed by atoms with Gasteiger partial charge in [0.25, 0.3) is 0 Å². The van der Waals surface area contributed by atoms with Crippen LogP contribution in [-0.4, -0.2) is 20.2 Å². The number of hydrogen-bond donors (Lipinski definition) is 3. The van der Waals surface area contributed by atoms with E-state index in [0.717, 1.165) is 11.4 Å². The van der Waals surface area contributed by atoms with Gasteiger partial charge in [0.2, 0.25) is 0 Å². The molecule has 1 fully saturated rings. The molecule has 0 radical (unpaired) electrons. The van der Waals surface area contributed by atoms with Crippen molar-refractivity contribution in [3.05, 3.63) is 78.4 Å². The van der Waals surface area contributed by atoms with Crippen LogP contribution in [0.1, 0.15) is 23.5 Å². The van der Waals surface area contributed by atoms with Gasteiger partial charge in [0.1, 0.15) is 11.8 Å². The van der Waals surface area contributed by atoms with Crippen LogP contribution in [-0.2, 0) is 0 Å². The van der Waals surface area contributed by atoms with Crippen molar-refractivity contribution < 1.29 is 5.11 Å². The second-order valence-electron chi connectivity index (χ2n) is 5.61. The van der Waals surface area contributed by atoms with E-state index in [0.29, 0.717) is 10.8 Å². The molecular formula is C18H16N4OS. The van der Waals surface area contributed by atoms with Gasteiger partial charge < -0.3 is 20.3 Å². The Balaban J connectivity index is 1.84. The molecule has 1 saturated heterocycles. The van der Waals surface area contributed by atoms with Crippen molar-refractivity contribution in [2.45, 2.75) is 12.1 Å². The molecule has 5 nitrogen and oxygen atoms in total. The highest BCUT2D eigenvalue weighted by Gasteiger charge is 2.41. The molecule has 0 saturated carbocycles. The predicted molar refractivity (Wildman–Crippen MR) is 96.8 cm³/mol. The summed E-state index contributed by atoms with van der Waals surface area (Å²) in [4.78, 5) is 9.69. The zero-order valence-electron chi connectivity index (χ0n) is 12.8. The molecule has 4 rings (SSSR count). The zero-order valence-corrected chi connectivity index (χ0v) is 13.6. The summed E-state index contributed by atoms with van der Waals surface area (Å²) < 4.78 is 0. The molecule has 0 unspecified atom stereocenters. The van der Waals surface area contributed by atoms with Crippen LogP contribution in [0.3, 0.4) is 0 Å². The number of nitrogens with one attached hydrogen (secondary N) is 2. The van der Waals surface area contributed by atoms with E-state index in [4.69, 9.17) is 12.2 Å². The Morgan fingerprint density at radius 3 is 2.58 bits per heavy atom. The molecule has 120 valence electrons. The smallest absolute Gasteiger partial charge is 0.174 e. The minimum atomic E-state index is -0.129. The minimum absolute atomic E-state index is 0.114. The first-order valence-corrected chi connectivity index (χ1v) is 8.08. The lowest BCUT2D eigenvalue weighted by atomic mass is 10.0. The Labute approximate surface area is 145 Å². The molecular weight excluding hydrogens is 320 g/mol. The quantitative estimate of drug-likeness (QED) is 0.641. The molecule has 3 N–H and O–H groups in total. The SMILES string of the molecule is Oc1ccccc1N1C(=S)N[C@@H](c2ccccn2)[C@H]1c1ccc[nH]1. The first-order chi connectivity index (χ1) is 11.8. The van der Waals surface area contributed by atoms with Gasteiger partial charge in [-0.3, -0.25) is 4.98 Å². The molecule has 24 heavy (non-hydrogen) atoms. The van der Waals surface area contributed by atoms with Crippen LogP contribution in [0.2, 0.25) is 0 Å². The lowest BCUT2D eigenvalue weighted by Gasteiger charge is -2.27. The highest BCUT2D eigenvalue weighted by molar-refractivity contribution is 7.80. The topological polar surface area (TPSA) is 64.2 Å². The average molecular weight is 336 g/mol. The van der Waals surface area contributed by atoms with Gasteiger partial charge in [0.05, 0.1) is 17.4 Å². The zero-order chi connectivity index (χ0) is 16.5. The molecule has 0 amide bonds. The average Bonchev–Trinajstić information content (AvgIpc) is 3.24. The van der Waals surface area contributed by atoms with E-state index >= 15 is 0 Å². The van der Waals surface area contributed by atoms with Crippen molar-refractivity contribution in [2.24, 2.45) is 0 Å². The van der Waals surface area contributed by atoms with Crippen LogP contribution in [0.25, 0.3) is 0 Å². The number of aromatic nitrogens is 2. The van der Waals surface area contributed by atoms with E-state index in [-0.39, 0.29) is 17.8 Å². The Kier molecular flexibility index (Phi) is 3.66. The number of nitrogens with zero attached hydrogens (tertiary/aromatic N) is 2. The maximum Gasteiger partial charge on any atom is 0.174 e. The number of anilines is 1. The minimum Gasteiger partial charge on any atom is -0.506 e. The number of aromatic amines is 1. The Morgan fingerprint density at radius 1 is 1.04 bits per heavy atom. The van der Waals surface area contributed by atoms with Crippen LogP contribution >= 0.6 is 12.2 Å². The van der Waals surface area contributed by atoms with E-state index in [9.17, 15) is 5.11 Å². The number of benzene rings is 1. The maximum atomic E-state index is 10.3. The predicted octanol–water partition coefficient (Wildman–Crippen LogP) is 3.29. The van der Waals surface area contributed by atoms with Crippen molar-refractivity contribution in [3.8, 4) is 5.75 Å². The highest BCUT2D eigenvalue weighted by Crippen LogP contribution is 2.43. The fourth-order valence-electron chi connectivity index (χ4n) is 3.13. The summed E-state index contributed by atoms with van der Waals surface area (Å²) >= 11 is 5.57. The molecule has 3 aromatic rings. The first-order valence-electron chi connectivity index (χ1n) is 7.67. The number of phenols is 1. The van der Waals surface area contributed by atoms with E-state index in [1.54, 1.807) is 18.3 Å². The molecule has 1 aromatic carbocycles. The van der Waals surface area contributed by atoms with Gasteiger partial charge in [0.15, 0.2) is 5.11 Å². The monoisotopic (exact) mass is 336 g/mol. The summed E-state index contributed by atoms with van der Waals surface area (Å²) in [6.07, 6.45) is 3.66. The van der Waals surface area contributed by atoms with Crippen molar-refractivity contribution in [3.63, 3.8) is 0 Å². The van der Waals surface area contributed by atoms with Crippen LogP contribution < -0.4 is 10.2 Å².